The molecule has 1 unspecified atom stereocenters. The number of esters is 1. The maximum absolute atomic E-state index is 13.6. The largest absolute Gasteiger partial charge is 0.497 e. The van der Waals surface area contributed by atoms with Crippen molar-refractivity contribution in [1.82, 2.24) is 10.2 Å². The Labute approximate surface area is 322 Å². The monoisotopic (exact) mass is 760 g/mol. The summed E-state index contributed by atoms with van der Waals surface area (Å²) in [6, 6.07) is 33.1. The van der Waals surface area contributed by atoms with E-state index in [2.05, 4.69) is 33.0 Å². The van der Waals surface area contributed by atoms with Crippen LogP contribution in [0.5, 0.6) is 5.75 Å². The second-order valence-electron chi connectivity index (χ2n) is 12.5. The quantitative estimate of drug-likeness (QED) is 0.0636. The molecule has 2 heterocycles. The number of benzene rings is 4. The summed E-state index contributed by atoms with van der Waals surface area (Å²) in [6.07, 6.45) is 2.27. The number of hydrogen-bond acceptors (Lipinski definition) is 9. The predicted octanol–water partition coefficient (Wildman–Crippen LogP) is 7.63. The van der Waals surface area contributed by atoms with E-state index in [4.69, 9.17) is 9.47 Å². The Morgan fingerprint density at radius 3 is 2.31 bits per heavy atom. The molecule has 0 spiro atoms. The molecule has 6 rings (SSSR count). The molecule has 3 amide bonds. The Morgan fingerprint density at radius 2 is 1.61 bits per heavy atom. The summed E-state index contributed by atoms with van der Waals surface area (Å²) in [5.41, 5.74) is 4.18. The van der Waals surface area contributed by atoms with Crippen LogP contribution in [0.15, 0.2) is 120 Å². The van der Waals surface area contributed by atoms with Gasteiger partial charge in [-0.3, -0.25) is 19.3 Å². The van der Waals surface area contributed by atoms with Crippen molar-refractivity contribution in [3.05, 3.63) is 148 Å². The molecule has 0 aliphatic carbocycles. The Balaban J connectivity index is 1.13. The fourth-order valence-electron chi connectivity index (χ4n) is 5.97. The second kappa shape index (κ2) is 17.9. The number of anilines is 2. The number of carbonyl (C=O) groups excluding carboxylic acids is 4. The highest BCUT2D eigenvalue weighted by atomic mass is 32.2. The molecule has 1 aliphatic rings. The third kappa shape index (κ3) is 9.64. The van der Waals surface area contributed by atoms with Gasteiger partial charge in [0.1, 0.15) is 16.4 Å². The zero-order valence-corrected chi connectivity index (χ0v) is 31.7. The number of thioether (sulfide) groups is 1. The maximum Gasteiger partial charge on any atom is 0.341 e. The minimum atomic E-state index is -0.550. The van der Waals surface area contributed by atoms with Crippen molar-refractivity contribution in [3.8, 4) is 5.75 Å². The van der Waals surface area contributed by atoms with Gasteiger partial charge in [-0.15, -0.1) is 23.1 Å². The SMILES string of the molecule is COC(=O)c1c(NC(=O)C(C)Sc2cccc(NC(=O)/C(=C\c3ccc(OC)cc3)NC(=O)c3ccccc3)c2)sc2c1CCN(Cc1ccccc1)C2. The summed E-state index contributed by atoms with van der Waals surface area (Å²) in [5, 5.41) is 8.57. The van der Waals surface area contributed by atoms with Crippen LogP contribution in [0.2, 0.25) is 0 Å². The van der Waals surface area contributed by atoms with E-state index in [-0.39, 0.29) is 11.6 Å². The number of hydrogen-bond donors (Lipinski definition) is 3. The number of amides is 3. The molecule has 0 radical (unpaired) electrons. The van der Waals surface area contributed by atoms with Crippen LogP contribution in [0.3, 0.4) is 0 Å². The summed E-state index contributed by atoms with van der Waals surface area (Å²) in [7, 11) is 2.92. The topological polar surface area (TPSA) is 126 Å². The molecular formula is C42H40N4O6S2. The van der Waals surface area contributed by atoms with Crippen LogP contribution in [0, 0.1) is 0 Å². The number of fused-ring (bicyclic) bond motifs is 1. The lowest BCUT2D eigenvalue weighted by Crippen LogP contribution is -2.30. The van der Waals surface area contributed by atoms with Crippen molar-refractivity contribution in [2.75, 3.05) is 31.4 Å². The van der Waals surface area contributed by atoms with E-state index in [1.165, 1.54) is 35.8 Å². The summed E-state index contributed by atoms with van der Waals surface area (Å²) in [5.74, 6) is -1.03. The molecule has 0 bridgehead atoms. The van der Waals surface area contributed by atoms with E-state index in [0.717, 1.165) is 28.4 Å². The van der Waals surface area contributed by atoms with Crippen LogP contribution in [0.25, 0.3) is 6.08 Å². The molecule has 3 N–H and O–H groups in total. The average Bonchev–Trinajstić information content (AvgIpc) is 3.55. The van der Waals surface area contributed by atoms with E-state index in [0.29, 0.717) is 46.1 Å². The number of methoxy groups -OCH3 is 2. The number of carbonyl (C=O) groups is 4. The highest BCUT2D eigenvalue weighted by Crippen LogP contribution is 2.38. The van der Waals surface area contributed by atoms with E-state index in [1.54, 1.807) is 86.8 Å². The van der Waals surface area contributed by atoms with Gasteiger partial charge in [0, 0.05) is 40.7 Å². The Morgan fingerprint density at radius 1 is 0.889 bits per heavy atom. The van der Waals surface area contributed by atoms with E-state index in [1.807, 2.05) is 30.3 Å². The normalized spacial score (nSPS) is 13.3. The van der Waals surface area contributed by atoms with Crippen LogP contribution < -0.4 is 20.7 Å². The lowest BCUT2D eigenvalue weighted by molar-refractivity contribution is -0.115. The van der Waals surface area contributed by atoms with Crippen LogP contribution in [0.4, 0.5) is 10.7 Å². The molecule has 0 fully saturated rings. The first-order chi connectivity index (χ1) is 26.2. The van der Waals surface area contributed by atoms with Crippen LogP contribution in [-0.4, -0.2) is 54.6 Å². The van der Waals surface area contributed by atoms with Crippen molar-refractivity contribution in [1.29, 1.82) is 0 Å². The second-order valence-corrected chi connectivity index (χ2v) is 15.0. The Kier molecular flexibility index (Phi) is 12.6. The van der Waals surface area contributed by atoms with Gasteiger partial charge in [0.05, 0.1) is 25.0 Å². The van der Waals surface area contributed by atoms with Gasteiger partial charge < -0.3 is 25.4 Å². The first kappa shape index (κ1) is 38.0. The lowest BCUT2D eigenvalue weighted by Gasteiger charge is -2.27. The molecule has 1 atom stereocenters. The molecule has 276 valence electrons. The molecule has 0 saturated heterocycles. The maximum atomic E-state index is 13.6. The molecule has 5 aromatic rings. The first-order valence-electron chi connectivity index (χ1n) is 17.3. The number of thiophene rings is 1. The zero-order valence-electron chi connectivity index (χ0n) is 30.1. The highest BCUT2D eigenvalue weighted by Gasteiger charge is 2.30. The van der Waals surface area contributed by atoms with Gasteiger partial charge in [-0.25, -0.2) is 4.79 Å². The van der Waals surface area contributed by atoms with Gasteiger partial charge in [-0.05, 0) is 78.6 Å². The fraction of sp³-hybridized carbons (Fsp3) is 0.190. The van der Waals surface area contributed by atoms with Crippen LogP contribution >= 0.6 is 23.1 Å². The van der Waals surface area contributed by atoms with Crippen molar-refractivity contribution in [3.63, 3.8) is 0 Å². The van der Waals surface area contributed by atoms with Gasteiger partial charge in [-0.1, -0.05) is 66.7 Å². The number of nitrogens with one attached hydrogen (secondary N) is 3. The van der Waals surface area contributed by atoms with Crippen molar-refractivity contribution < 1.29 is 28.7 Å². The molecule has 0 saturated carbocycles. The van der Waals surface area contributed by atoms with E-state index >= 15 is 0 Å². The molecule has 1 aliphatic heterocycles. The number of rotatable bonds is 13. The van der Waals surface area contributed by atoms with E-state index < -0.39 is 23.0 Å². The van der Waals surface area contributed by atoms with E-state index in [9.17, 15) is 19.2 Å². The van der Waals surface area contributed by atoms with Gasteiger partial charge in [0.2, 0.25) is 5.91 Å². The highest BCUT2D eigenvalue weighted by molar-refractivity contribution is 8.00. The smallest absolute Gasteiger partial charge is 0.341 e. The standard InChI is InChI=1S/C42H40N4O6S2/c1-27(38(47)45-41-37(42(50)52-3)34-21-22-46(26-36(34)54-41)25-29-11-6-4-7-12-29)53-33-16-10-15-31(24-33)43-40(49)35(23-28-17-19-32(51-2)20-18-28)44-39(48)30-13-8-5-9-14-30/h4-20,23-24,27H,21-22,25-26H2,1-3H3,(H,43,49)(H,44,48)(H,45,47)/b35-23+. The number of ether oxygens (including phenoxy) is 2. The van der Waals surface area contributed by atoms with Crippen molar-refractivity contribution in [2.24, 2.45) is 0 Å². The van der Waals surface area contributed by atoms with Crippen molar-refractivity contribution in [2.45, 2.75) is 36.6 Å². The zero-order chi connectivity index (χ0) is 38.0. The van der Waals surface area contributed by atoms with Crippen LogP contribution in [-0.2, 0) is 33.8 Å². The average molecular weight is 761 g/mol. The molecule has 54 heavy (non-hydrogen) atoms. The molecule has 1 aromatic heterocycles. The predicted molar refractivity (Wildman–Crippen MR) is 214 cm³/mol. The lowest BCUT2D eigenvalue weighted by atomic mass is 10.0. The Hall–Kier alpha value is -5.69. The minimum Gasteiger partial charge on any atom is -0.497 e. The van der Waals surface area contributed by atoms with Crippen LogP contribution in [0.1, 0.15) is 49.2 Å². The molecule has 12 heteroatoms. The summed E-state index contributed by atoms with van der Waals surface area (Å²) < 4.78 is 10.4. The van der Waals surface area contributed by atoms with Gasteiger partial charge in [0.25, 0.3) is 11.8 Å². The number of nitrogens with zero attached hydrogens (tertiary/aromatic N) is 1. The summed E-state index contributed by atoms with van der Waals surface area (Å²) in [4.78, 5) is 57.3. The minimum absolute atomic E-state index is 0.0445. The van der Waals surface area contributed by atoms with Crippen molar-refractivity contribution >= 4 is 63.6 Å². The molecule has 10 nitrogen and oxygen atoms in total. The Bertz CT molecular complexity index is 2150. The first-order valence-corrected chi connectivity index (χ1v) is 19.0. The van der Waals surface area contributed by atoms with Gasteiger partial charge in [-0.2, -0.15) is 0 Å². The summed E-state index contributed by atoms with van der Waals surface area (Å²) in [6.45, 7) is 4.04. The van der Waals surface area contributed by atoms with Gasteiger partial charge in [0.15, 0.2) is 0 Å². The fourth-order valence-corrected chi connectivity index (χ4v) is 8.17. The van der Waals surface area contributed by atoms with Gasteiger partial charge >= 0.3 is 5.97 Å². The molecular weight excluding hydrogens is 721 g/mol. The third-order valence-corrected chi connectivity index (χ3v) is 11.0. The third-order valence-electron chi connectivity index (χ3n) is 8.74. The molecule has 4 aromatic carbocycles. The summed E-state index contributed by atoms with van der Waals surface area (Å²) >= 11 is 2.73.